The van der Waals surface area contributed by atoms with Gasteiger partial charge >= 0.3 is 5.97 Å². The molecule has 1 heterocycles. The lowest BCUT2D eigenvalue weighted by Crippen LogP contribution is -2.70. The van der Waals surface area contributed by atoms with E-state index in [9.17, 15) is 14.7 Å². The molecule has 4 atom stereocenters. The highest BCUT2D eigenvalue weighted by Gasteiger charge is 2.49. The Hall–Kier alpha value is -1.22. The van der Waals surface area contributed by atoms with Crippen LogP contribution >= 0.6 is 0 Å². The molecule has 6 N–H and O–H groups in total. The first-order valence-corrected chi connectivity index (χ1v) is 6.06. The smallest absolute Gasteiger partial charge is 0.332 e. The number of rotatable bonds is 5. The van der Waals surface area contributed by atoms with Gasteiger partial charge in [-0.15, -0.1) is 0 Å². The summed E-state index contributed by atoms with van der Waals surface area (Å²) in [5, 5.41) is 30.3. The van der Waals surface area contributed by atoms with Crippen molar-refractivity contribution in [2.75, 3.05) is 6.61 Å². The van der Waals surface area contributed by atoms with Crippen LogP contribution in [-0.2, 0) is 14.3 Å². The standard InChI is InChI=1S/C11H20N2O6/c1-6(15)13-8-3-2-7(10(17)18)19-11(8,12)9(16)4-5-14/h7-9,14,16H,2-5,12H2,1H3,(H,13,15)(H,17,18)/t7?,8-,9-,11-/m1/s1. The second-order valence-electron chi connectivity index (χ2n) is 4.66. The van der Waals surface area contributed by atoms with Gasteiger partial charge in [0.15, 0.2) is 11.8 Å². The summed E-state index contributed by atoms with van der Waals surface area (Å²) in [6.45, 7) is 0.968. The number of hydrogen-bond donors (Lipinski definition) is 5. The van der Waals surface area contributed by atoms with Crippen LogP contribution in [0.1, 0.15) is 26.2 Å². The van der Waals surface area contributed by atoms with Gasteiger partial charge in [-0.2, -0.15) is 0 Å². The van der Waals surface area contributed by atoms with Gasteiger partial charge < -0.3 is 25.4 Å². The van der Waals surface area contributed by atoms with Crippen LogP contribution in [0, 0.1) is 0 Å². The van der Waals surface area contributed by atoms with Crippen LogP contribution in [0.4, 0.5) is 0 Å². The van der Waals surface area contributed by atoms with E-state index in [1.165, 1.54) is 6.92 Å². The summed E-state index contributed by atoms with van der Waals surface area (Å²) in [5.41, 5.74) is 4.22. The molecule has 8 nitrogen and oxygen atoms in total. The topological polar surface area (TPSA) is 142 Å². The number of nitrogens with two attached hydrogens (primary N) is 1. The quantitative estimate of drug-likeness (QED) is 0.397. The van der Waals surface area contributed by atoms with Crippen molar-refractivity contribution >= 4 is 11.9 Å². The third kappa shape index (κ3) is 3.63. The number of aliphatic carboxylic acids is 1. The molecule has 0 bridgehead atoms. The Labute approximate surface area is 110 Å². The average Bonchev–Trinajstić information content (AvgIpc) is 2.31. The molecule has 1 aliphatic rings. The zero-order valence-corrected chi connectivity index (χ0v) is 10.7. The first kappa shape index (κ1) is 15.8. The molecule has 0 saturated carbocycles. The first-order valence-electron chi connectivity index (χ1n) is 6.06. The van der Waals surface area contributed by atoms with E-state index in [-0.39, 0.29) is 31.8 Å². The van der Waals surface area contributed by atoms with Crippen LogP contribution in [0.25, 0.3) is 0 Å². The molecule has 1 fully saturated rings. The van der Waals surface area contributed by atoms with Gasteiger partial charge in [0.25, 0.3) is 0 Å². The van der Waals surface area contributed by atoms with Gasteiger partial charge in [0.1, 0.15) is 6.10 Å². The zero-order valence-electron chi connectivity index (χ0n) is 10.7. The van der Waals surface area contributed by atoms with Gasteiger partial charge in [-0.05, 0) is 12.8 Å². The molecule has 19 heavy (non-hydrogen) atoms. The number of amides is 1. The summed E-state index contributed by atoms with van der Waals surface area (Å²) in [6.07, 6.45) is -2.03. The summed E-state index contributed by atoms with van der Waals surface area (Å²) in [7, 11) is 0. The van der Waals surface area contributed by atoms with Gasteiger partial charge in [0.05, 0.1) is 6.04 Å². The Kier molecular flexibility index (Phi) is 5.24. The Morgan fingerprint density at radius 3 is 2.63 bits per heavy atom. The Morgan fingerprint density at radius 1 is 1.53 bits per heavy atom. The van der Waals surface area contributed by atoms with Crippen molar-refractivity contribution < 1.29 is 29.6 Å². The van der Waals surface area contributed by atoms with Crippen molar-refractivity contribution in [2.45, 2.75) is 50.2 Å². The van der Waals surface area contributed by atoms with E-state index in [0.717, 1.165) is 0 Å². The number of hydrogen-bond acceptors (Lipinski definition) is 6. The molecule has 0 aromatic heterocycles. The first-order chi connectivity index (χ1) is 8.81. The Bertz CT molecular complexity index is 350. The molecule has 1 aliphatic heterocycles. The van der Waals surface area contributed by atoms with E-state index < -0.39 is 29.9 Å². The molecular formula is C11H20N2O6. The highest BCUT2D eigenvalue weighted by Crippen LogP contribution is 2.29. The molecule has 0 aromatic rings. The average molecular weight is 276 g/mol. The van der Waals surface area contributed by atoms with E-state index in [1.54, 1.807) is 0 Å². The lowest BCUT2D eigenvalue weighted by atomic mass is 9.88. The van der Waals surface area contributed by atoms with Crippen molar-refractivity contribution in [3.05, 3.63) is 0 Å². The minimum Gasteiger partial charge on any atom is -0.479 e. The van der Waals surface area contributed by atoms with Crippen molar-refractivity contribution in [1.82, 2.24) is 5.32 Å². The monoisotopic (exact) mass is 276 g/mol. The summed E-state index contributed by atoms with van der Waals surface area (Å²) < 4.78 is 5.27. The third-order valence-corrected chi connectivity index (χ3v) is 3.18. The Balaban J connectivity index is 2.92. The summed E-state index contributed by atoms with van der Waals surface area (Å²) in [4.78, 5) is 22.1. The molecule has 0 aliphatic carbocycles. The number of carboxylic acids is 1. The van der Waals surface area contributed by atoms with Gasteiger partial charge in [-0.25, -0.2) is 4.79 Å². The van der Waals surface area contributed by atoms with E-state index in [0.29, 0.717) is 0 Å². The number of carbonyl (C=O) groups is 2. The second kappa shape index (κ2) is 6.29. The minimum atomic E-state index is -1.73. The van der Waals surface area contributed by atoms with Crippen molar-refractivity contribution in [3.8, 4) is 0 Å². The molecule has 0 radical (unpaired) electrons. The van der Waals surface area contributed by atoms with Crippen LogP contribution < -0.4 is 11.1 Å². The number of carbonyl (C=O) groups excluding carboxylic acids is 1. The number of aliphatic hydroxyl groups excluding tert-OH is 2. The van der Waals surface area contributed by atoms with Gasteiger partial charge in [-0.1, -0.05) is 0 Å². The van der Waals surface area contributed by atoms with Gasteiger partial charge in [0, 0.05) is 20.0 Å². The largest absolute Gasteiger partial charge is 0.479 e. The number of ether oxygens (including phenoxy) is 1. The zero-order chi connectivity index (χ0) is 14.6. The SMILES string of the molecule is CC(=O)N[C@@H]1CCC(C(=O)O)O[C@@]1(N)[C@H](O)CCO. The minimum absolute atomic E-state index is 0.0705. The number of nitrogens with one attached hydrogen (secondary N) is 1. The predicted octanol–water partition coefficient (Wildman–Crippen LogP) is -1.85. The lowest BCUT2D eigenvalue weighted by molar-refractivity contribution is -0.208. The van der Waals surface area contributed by atoms with E-state index in [2.05, 4.69) is 5.32 Å². The van der Waals surface area contributed by atoms with E-state index >= 15 is 0 Å². The molecule has 0 aromatic carbocycles. The maximum absolute atomic E-state index is 11.1. The fraction of sp³-hybridized carbons (Fsp3) is 0.818. The molecule has 110 valence electrons. The summed E-state index contributed by atoms with van der Waals surface area (Å²) in [6, 6.07) is -0.706. The molecule has 1 amide bonds. The summed E-state index contributed by atoms with van der Waals surface area (Å²) in [5.74, 6) is -1.53. The highest BCUT2D eigenvalue weighted by molar-refractivity contribution is 5.74. The van der Waals surface area contributed by atoms with Gasteiger partial charge in [-0.3, -0.25) is 10.5 Å². The Morgan fingerprint density at radius 2 is 2.16 bits per heavy atom. The maximum atomic E-state index is 11.1. The van der Waals surface area contributed by atoms with Crippen LogP contribution in [0.2, 0.25) is 0 Å². The van der Waals surface area contributed by atoms with Crippen molar-refractivity contribution in [1.29, 1.82) is 0 Å². The van der Waals surface area contributed by atoms with Crippen LogP contribution in [0.5, 0.6) is 0 Å². The maximum Gasteiger partial charge on any atom is 0.332 e. The fourth-order valence-corrected chi connectivity index (χ4v) is 2.19. The molecular weight excluding hydrogens is 256 g/mol. The van der Waals surface area contributed by atoms with Crippen molar-refractivity contribution in [2.24, 2.45) is 5.73 Å². The van der Waals surface area contributed by atoms with E-state index in [1.807, 2.05) is 0 Å². The fourth-order valence-electron chi connectivity index (χ4n) is 2.19. The summed E-state index contributed by atoms with van der Waals surface area (Å²) >= 11 is 0. The molecule has 1 saturated heterocycles. The molecule has 1 unspecified atom stereocenters. The van der Waals surface area contributed by atoms with Crippen LogP contribution in [0.3, 0.4) is 0 Å². The normalized spacial score (nSPS) is 32.6. The number of aliphatic hydroxyl groups is 2. The number of carboxylic acid groups (broad SMARTS) is 1. The lowest BCUT2D eigenvalue weighted by Gasteiger charge is -2.45. The highest BCUT2D eigenvalue weighted by atomic mass is 16.6. The molecule has 8 heteroatoms. The van der Waals surface area contributed by atoms with Crippen molar-refractivity contribution in [3.63, 3.8) is 0 Å². The van der Waals surface area contributed by atoms with Crippen LogP contribution in [-0.4, -0.2) is 57.8 Å². The van der Waals surface area contributed by atoms with Crippen LogP contribution in [0.15, 0.2) is 0 Å². The van der Waals surface area contributed by atoms with E-state index in [4.69, 9.17) is 20.7 Å². The molecule has 0 spiro atoms. The molecule has 1 rings (SSSR count). The third-order valence-electron chi connectivity index (χ3n) is 3.18. The van der Waals surface area contributed by atoms with Gasteiger partial charge in [0.2, 0.25) is 5.91 Å². The predicted molar refractivity (Wildman–Crippen MR) is 64.0 cm³/mol. The second-order valence-corrected chi connectivity index (χ2v) is 4.66.